The molecule has 2 atom stereocenters. The Kier molecular flexibility index (Phi) is 5.07. The quantitative estimate of drug-likeness (QED) is 0.720. The third-order valence-corrected chi connectivity index (χ3v) is 5.83. The van der Waals surface area contributed by atoms with Gasteiger partial charge in [0.2, 0.25) is 0 Å². The van der Waals surface area contributed by atoms with Crippen molar-refractivity contribution in [2.24, 2.45) is 5.92 Å². The summed E-state index contributed by atoms with van der Waals surface area (Å²) in [6, 6.07) is 12.0. The molecule has 1 aromatic heterocycles. The third-order valence-electron chi connectivity index (χ3n) is 5.83. The van der Waals surface area contributed by atoms with E-state index in [4.69, 9.17) is 4.74 Å². The van der Waals surface area contributed by atoms with Gasteiger partial charge in [0.25, 0.3) is 5.91 Å². The number of hydrogen-bond donors (Lipinski definition) is 1. The topological polar surface area (TPSA) is 56.2 Å². The Labute approximate surface area is 165 Å². The number of imidazole rings is 1. The van der Waals surface area contributed by atoms with Crippen LogP contribution >= 0.6 is 0 Å². The zero-order chi connectivity index (χ0) is 19.7. The highest BCUT2D eigenvalue weighted by atomic mass is 16.5. The number of nitrogens with one attached hydrogen (secondary N) is 1. The molecule has 1 aliphatic carbocycles. The van der Waals surface area contributed by atoms with Crippen molar-refractivity contribution < 1.29 is 9.53 Å². The molecule has 2 aromatic carbocycles. The van der Waals surface area contributed by atoms with E-state index >= 15 is 0 Å². The maximum absolute atomic E-state index is 12.8. The van der Waals surface area contributed by atoms with E-state index in [1.165, 1.54) is 19.3 Å². The first kappa shape index (κ1) is 18.5. The number of nitrogens with zero attached hydrogens (tertiary/aromatic N) is 2. The summed E-state index contributed by atoms with van der Waals surface area (Å²) in [6.45, 7) is 4.28. The van der Waals surface area contributed by atoms with Gasteiger partial charge in [-0.3, -0.25) is 9.36 Å². The van der Waals surface area contributed by atoms with Gasteiger partial charge in [-0.1, -0.05) is 25.8 Å². The van der Waals surface area contributed by atoms with Crippen molar-refractivity contribution in [1.29, 1.82) is 0 Å². The van der Waals surface area contributed by atoms with E-state index in [0.717, 1.165) is 34.5 Å². The van der Waals surface area contributed by atoms with E-state index in [9.17, 15) is 4.79 Å². The fourth-order valence-electron chi connectivity index (χ4n) is 4.12. The molecule has 0 radical (unpaired) electrons. The number of ether oxygens (including phenoxy) is 1. The summed E-state index contributed by atoms with van der Waals surface area (Å²) in [7, 11) is 1.67. The highest BCUT2D eigenvalue weighted by Gasteiger charge is 2.23. The summed E-state index contributed by atoms with van der Waals surface area (Å²) in [5.74, 6) is 1.32. The van der Waals surface area contributed by atoms with Crippen LogP contribution in [-0.2, 0) is 0 Å². The number of aromatic nitrogens is 2. The summed E-state index contributed by atoms with van der Waals surface area (Å²) in [4.78, 5) is 17.3. The predicted molar refractivity (Wildman–Crippen MR) is 111 cm³/mol. The van der Waals surface area contributed by atoms with Crippen molar-refractivity contribution in [3.63, 3.8) is 0 Å². The minimum atomic E-state index is -0.0108. The van der Waals surface area contributed by atoms with Gasteiger partial charge in [-0.15, -0.1) is 0 Å². The third kappa shape index (κ3) is 3.49. The van der Waals surface area contributed by atoms with Crippen molar-refractivity contribution in [3.05, 3.63) is 53.9 Å². The molecular weight excluding hydrogens is 350 g/mol. The zero-order valence-corrected chi connectivity index (χ0v) is 16.7. The second kappa shape index (κ2) is 7.66. The lowest BCUT2D eigenvalue weighted by Gasteiger charge is -2.29. The van der Waals surface area contributed by atoms with Gasteiger partial charge < -0.3 is 10.1 Å². The molecule has 3 aromatic rings. The number of aryl methyl sites for hydroxylation is 1. The number of fused-ring (bicyclic) bond motifs is 1. The minimum Gasteiger partial charge on any atom is -0.495 e. The molecule has 0 unspecified atom stereocenters. The minimum absolute atomic E-state index is 0.0108. The van der Waals surface area contributed by atoms with E-state index in [1.54, 1.807) is 13.4 Å². The fraction of sp³-hybridized carbons (Fsp3) is 0.391. The summed E-state index contributed by atoms with van der Waals surface area (Å²) in [5, 5.41) is 3.22. The zero-order valence-electron chi connectivity index (χ0n) is 16.7. The Morgan fingerprint density at radius 3 is 2.79 bits per heavy atom. The van der Waals surface area contributed by atoms with Crippen LogP contribution in [0.5, 0.6) is 5.75 Å². The molecule has 1 aliphatic rings. The number of hydrogen-bond acceptors (Lipinski definition) is 3. The molecule has 1 amide bonds. The summed E-state index contributed by atoms with van der Waals surface area (Å²) >= 11 is 0. The van der Waals surface area contributed by atoms with Crippen LogP contribution in [0.2, 0.25) is 0 Å². The van der Waals surface area contributed by atoms with Crippen molar-refractivity contribution in [3.8, 4) is 11.4 Å². The molecule has 4 rings (SSSR count). The van der Waals surface area contributed by atoms with Gasteiger partial charge in [-0.05, 0) is 61.6 Å². The molecule has 5 heteroatoms. The molecular formula is C23H27N3O2. The Bertz CT molecular complexity index is 1010. The molecule has 5 nitrogen and oxygen atoms in total. The molecule has 1 saturated carbocycles. The Morgan fingerprint density at radius 2 is 2.00 bits per heavy atom. The summed E-state index contributed by atoms with van der Waals surface area (Å²) in [6.07, 6.45) is 6.49. The maximum atomic E-state index is 12.8. The van der Waals surface area contributed by atoms with Crippen LogP contribution in [0.4, 0.5) is 0 Å². The molecule has 146 valence electrons. The second-order valence-electron chi connectivity index (χ2n) is 7.84. The average molecular weight is 377 g/mol. The van der Waals surface area contributed by atoms with Gasteiger partial charge in [0.05, 0.1) is 23.8 Å². The largest absolute Gasteiger partial charge is 0.495 e. The van der Waals surface area contributed by atoms with Crippen molar-refractivity contribution in [1.82, 2.24) is 14.9 Å². The van der Waals surface area contributed by atoms with E-state index in [-0.39, 0.29) is 11.9 Å². The van der Waals surface area contributed by atoms with Crippen LogP contribution < -0.4 is 10.1 Å². The average Bonchev–Trinajstić information content (AvgIpc) is 3.12. The molecule has 1 N–H and O–H groups in total. The van der Waals surface area contributed by atoms with Crippen molar-refractivity contribution >= 4 is 16.9 Å². The number of amides is 1. The first-order valence-corrected chi connectivity index (χ1v) is 10.00. The summed E-state index contributed by atoms with van der Waals surface area (Å²) < 4.78 is 7.52. The summed E-state index contributed by atoms with van der Waals surface area (Å²) in [5.41, 5.74) is 4.50. The first-order valence-electron chi connectivity index (χ1n) is 10.00. The number of carbonyl (C=O) groups excluding carboxylic acids is 1. The van der Waals surface area contributed by atoms with Gasteiger partial charge in [0, 0.05) is 11.6 Å². The monoisotopic (exact) mass is 377 g/mol. The number of rotatable bonds is 4. The van der Waals surface area contributed by atoms with Crippen LogP contribution in [0, 0.1) is 12.8 Å². The van der Waals surface area contributed by atoms with Crippen LogP contribution in [0.15, 0.2) is 42.7 Å². The standard InChI is InChI=1S/C23H27N3O2/c1-15-8-11-22(28-3)21(12-15)26-14-24-19-13-17(9-10-20(19)26)23(27)25-18-7-5-4-6-16(18)2/h8-14,16,18H,4-7H2,1-3H3,(H,25,27)/t16-,18+/m0/s1. The Balaban J connectivity index is 1.63. The molecule has 0 saturated heterocycles. The highest BCUT2D eigenvalue weighted by Crippen LogP contribution is 2.28. The Morgan fingerprint density at radius 1 is 1.18 bits per heavy atom. The first-order chi connectivity index (χ1) is 13.6. The van der Waals surface area contributed by atoms with E-state index in [1.807, 2.05) is 34.9 Å². The number of carbonyl (C=O) groups is 1. The van der Waals surface area contributed by atoms with Crippen molar-refractivity contribution in [2.45, 2.75) is 45.6 Å². The van der Waals surface area contributed by atoms with E-state index in [0.29, 0.717) is 11.5 Å². The smallest absolute Gasteiger partial charge is 0.251 e. The second-order valence-corrected chi connectivity index (χ2v) is 7.84. The van der Waals surface area contributed by atoms with Gasteiger partial charge in [0.15, 0.2) is 0 Å². The fourth-order valence-corrected chi connectivity index (χ4v) is 4.12. The number of methoxy groups -OCH3 is 1. The Hall–Kier alpha value is -2.82. The van der Waals surface area contributed by atoms with E-state index in [2.05, 4.69) is 30.2 Å². The van der Waals surface area contributed by atoms with Crippen molar-refractivity contribution in [2.75, 3.05) is 7.11 Å². The van der Waals surface area contributed by atoms with Crippen LogP contribution in [0.3, 0.4) is 0 Å². The molecule has 0 spiro atoms. The molecule has 0 aliphatic heterocycles. The van der Waals surface area contributed by atoms with Gasteiger partial charge in [0.1, 0.15) is 12.1 Å². The lowest BCUT2D eigenvalue weighted by Crippen LogP contribution is -2.41. The van der Waals surface area contributed by atoms with Crippen LogP contribution in [0.1, 0.15) is 48.5 Å². The van der Waals surface area contributed by atoms with E-state index < -0.39 is 0 Å². The SMILES string of the molecule is COc1ccc(C)cc1-n1cnc2cc(C(=O)N[C@@H]3CCCC[C@@H]3C)ccc21. The molecule has 28 heavy (non-hydrogen) atoms. The molecule has 1 fully saturated rings. The highest BCUT2D eigenvalue weighted by molar-refractivity contribution is 5.97. The van der Waals surface area contributed by atoms with Gasteiger partial charge >= 0.3 is 0 Å². The van der Waals surface area contributed by atoms with Gasteiger partial charge in [-0.2, -0.15) is 0 Å². The lowest BCUT2D eigenvalue weighted by molar-refractivity contribution is 0.0910. The number of benzene rings is 2. The predicted octanol–water partition coefficient (Wildman–Crippen LogP) is 4.65. The van der Waals surface area contributed by atoms with Crippen LogP contribution in [0.25, 0.3) is 16.7 Å². The molecule has 0 bridgehead atoms. The van der Waals surface area contributed by atoms with Crippen LogP contribution in [-0.4, -0.2) is 28.6 Å². The normalized spacial score (nSPS) is 19.5. The maximum Gasteiger partial charge on any atom is 0.251 e. The molecule has 1 heterocycles. The lowest BCUT2D eigenvalue weighted by atomic mass is 9.86. The van der Waals surface area contributed by atoms with Gasteiger partial charge in [-0.25, -0.2) is 4.98 Å².